The Morgan fingerprint density at radius 3 is 2.74 bits per heavy atom. The van der Waals surface area contributed by atoms with Crippen molar-refractivity contribution >= 4 is 0 Å². The van der Waals surface area contributed by atoms with E-state index in [1.54, 1.807) is 18.2 Å². The molecule has 0 amide bonds. The van der Waals surface area contributed by atoms with Gasteiger partial charge in [-0.25, -0.2) is 0 Å². The van der Waals surface area contributed by atoms with Crippen molar-refractivity contribution in [1.29, 1.82) is 0 Å². The van der Waals surface area contributed by atoms with Crippen LogP contribution in [0.1, 0.15) is 42.4 Å². The smallest absolute Gasteiger partial charge is 0.0587 e. The van der Waals surface area contributed by atoms with Crippen molar-refractivity contribution in [1.82, 2.24) is 5.32 Å². The van der Waals surface area contributed by atoms with Crippen LogP contribution in [0.25, 0.3) is 0 Å². The van der Waals surface area contributed by atoms with Crippen molar-refractivity contribution in [2.75, 3.05) is 26.8 Å². The highest BCUT2D eigenvalue weighted by Crippen LogP contribution is 2.22. The first-order chi connectivity index (χ1) is 9.40. The van der Waals surface area contributed by atoms with Gasteiger partial charge in [-0.05, 0) is 68.2 Å². The van der Waals surface area contributed by atoms with Gasteiger partial charge in [0.15, 0.2) is 0 Å². The molecule has 2 rings (SSSR count). The summed E-state index contributed by atoms with van der Waals surface area (Å²) in [5, 5.41) is 3.40. The van der Waals surface area contributed by atoms with E-state index in [1.807, 2.05) is 0 Å². The summed E-state index contributed by atoms with van der Waals surface area (Å²) in [6, 6.07) is 7.15. The largest absolute Gasteiger partial charge is 0.383 e. The Morgan fingerprint density at radius 1 is 1.05 bits per heavy atom. The number of nitrogens with one attached hydrogen (secondary N) is 1. The van der Waals surface area contributed by atoms with Gasteiger partial charge in [0.25, 0.3) is 0 Å². The topological polar surface area (TPSA) is 21.3 Å². The number of aryl methyl sites for hydroxylation is 3. The molecule has 0 aliphatic heterocycles. The summed E-state index contributed by atoms with van der Waals surface area (Å²) in [5.41, 5.74) is 4.73. The van der Waals surface area contributed by atoms with E-state index in [4.69, 9.17) is 4.74 Å². The van der Waals surface area contributed by atoms with Crippen LogP contribution in [0.3, 0.4) is 0 Å². The summed E-state index contributed by atoms with van der Waals surface area (Å²) in [4.78, 5) is 0. The van der Waals surface area contributed by atoms with E-state index >= 15 is 0 Å². The lowest BCUT2D eigenvalue weighted by Crippen LogP contribution is -2.20. The molecule has 0 saturated carbocycles. The van der Waals surface area contributed by atoms with E-state index in [0.717, 1.165) is 19.7 Å². The molecule has 0 atom stereocenters. The van der Waals surface area contributed by atoms with Crippen molar-refractivity contribution < 1.29 is 4.74 Å². The molecule has 0 radical (unpaired) electrons. The van der Waals surface area contributed by atoms with Crippen LogP contribution >= 0.6 is 0 Å². The summed E-state index contributed by atoms with van der Waals surface area (Å²) in [7, 11) is 1.75. The first kappa shape index (κ1) is 14.5. The lowest BCUT2D eigenvalue weighted by atomic mass is 9.89. The SMILES string of the molecule is COCCNCCCCc1ccc2c(c1)CCCC2. The minimum atomic E-state index is 0.810. The van der Waals surface area contributed by atoms with Gasteiger partial charge in [-0.15, -0.1) is 0 Å². The average molecular weight is 261 g/mol. The molecular formula is C17H27NO. The van der Waals surface area contributed by atoms with Crippen molar-refractivity contribution in [3.63, 3.8) is 0 Å². The third kappa shape index (κ3) is 4.96. The molecule has 2 nitrogen and oxygen atoms in total. The Kier molecular flexibility index (Phi) is 6.38. The van der Waals surface area contributed by atoms with Crippen LogP contribution in [0.5, 0.6) is 0 Å². The lowest BCUT2D eigenvalue weighted by Gasteiger charge is -2.16. The minimum absolute atomic E-state index is 0.810. The number of hydrogen-bond donors (Lipinski definition) is 1. The number of methoxy groups -OCH3 is 1. The highest BCUT2D eigenvalue weighted by Gasteiger charge is 2.08. The fourth-order valence-corrected chi connectivity index (χ4v) is 2.82. The van der Waals surface area contributed by atoms with E-state index in [0.29, 0.717) is 0 Å². The predicted molar refractivity (Wildman–Crippen MR) is 80.8 cm³/mol. The predicted octanol–water partition coefficient (Wildman–Crippen LogP) is 3.12. The fourth-order valence-electron chi connectivity index (χ4n) is 2.82. The molecule has 2 heteroatoms. The molecule has 0 spiro atoms. The number of ether oxygens (including phenoxy) is 1. The maximum atomic E-state index is 5.01. The van der Waals surface area contributed by atoms with Crippen LogP contribution in [0.2, 0.25) is 0 Å². The minimum Gasteiger partial charge on any atom is -0.383 e. The van der Waals surface area contributed by atoms with Gasteiger partial charge in [0.1, 0.15) is 0 Å². The molecule has 106 valence electrons. The van der Waals surface area contributed by atoms with Crippen molar-refractivity contribution in [3.8, 4) is 0 Å². The maximum absolute atomic E-state index is 5.01. The monoisotopic (exact) mass is 261 g/mol. The summed E-state index contributed by atoms with van der Waals surface area (Å²) in [5.74, 6) is 0. The molecule has 0 bridgehead atoms. The van der Waals surface area contributed by atoms with E-state index in [1.165, 1.54) is 50.5 Å². The molecule has 0 unspecified atom stereocenters. The van der Waals surface area contributed by atoms with E-state index < -0.39 is 0 Å². The van der Waals surface area contributed by atoms with Gasteiger partial charge in [0.2, 0.25) is 0 Å². The number of unbranched alkanes of at least 4 members (excludes halogenated alkanes) is 1. The van der Waals surface area contributed by atoms with Crippen LogP contribution < -0.4 is 5.32 Å². The van der Waals surface area contributed by atoms with Crippen LogP contribution in [0.15, 0.2) is 18.2 Å². The molecule has 1 aromatic rings. The Morgan fingerprint density at radius 2 is 1.89 bits per heavy atom. The van der Waals surface area contributed by atoms with Crippen LogP contribution in [0, 0.1) is 0 Å². The molecule has 19 heavy (non-hydrogen) atoms. The third-order valence-corrected chi connectivity index (χ3v) is 3.96. The first-order valence-corrected chi connectivity index (χ1v) is 7.70. The van der Waals surface area contributed by atoms with Gasteiger partial charge in [0.05, 0.1) is 6.61 Å². The Balaban J connectivity index is 1.66. The second-order valence-electron chi connectivity index (χ2n) is 5.51. The van der Waals surface area contributed by atoms with Gasteiger partial charge in [0, 0.05) is 13.7 Å². The summed E-state index contributed by atoms with van der Waals surface area (Å²) >= 11 is 0. The van der Waals surface area contributed by atoms with Crippen LogP contribution in [0.4, 0.5) is 0 Å². The van der Waals surface area contributed by atoms with Gasteiger partial charge in [-0.1, -0.05) is 18.2 Å². The fraction of sp³-hybridized carbons (Fsp3) is 0.647. The Bertz CT molecular complexity index is 376. The van der Waals surface area contributed by atoms with E-state index in [2.05, 4.69) is 23.5 Å². The van der Waals surface area contributed by atoms with Gasteiger partial charge in [-0.2, -0.15) is 0 Å². The Hall–Kier alpha value is -0.860. The molecule has 1 aliphatic carbocycles. The lowest BCUT2D eigenvalue weighted by molar-refractivity contribution is 0.199. The molecule has 0 heterocycles. The van der Waals surface area contributed by atoms with Crippen molar-refractivity contribution in [2.45, 2.75) is 44.9 Å². The van der Waals surface area contributed by atoms with Crippen LogP contribution in [-0.4, -0.2) is 26.8 Å². The quantitative estimate of drug-likeness (QED) is 0.726. The highest BCUT2D eigenvalue weighted by atomic mass is 16.5. The zero-order valence-corrected chi connectivity index (χ0v) is 12.2. The molecule has 1 aromatic carbocycles. The van der Waals surface area contributed by atoms with Crippen LogP contribution in [-0.2, 0) is 24.0 Å². The summed E-state index contributed by atoms with van der Waals surface area (Å²) in [6.07, 6.45) is 9.08. The summed E-state index contributed by atoms with van der Waals surface area (Å²) in [6.45, 7) is 2.88. The highest BCUT2D eigenvalue weighted by molar-refractivity contribution is 5.33. The second-order valence-corrected chi connectivity index (χ2v) is 5.51. The van der Waals surface area contributed by atoms with E-state index in [-0.39, 0.29) is 0 Å². The van der Waals surface area contributed by atoms with Gasteiger partial charge in [-0.3, -0.25) is 0 Å². The number of benzene rings is 1. The van der Waals surface area contributed by atoms with Crippen molar-refractivity contribution in [3.05, 3.63) is 34.9 Å². The van der Waals surface area contributed by atoms with E-state index in [9.17, 15) is 0 Å². The zero-order chi connectivity index (χ0) is 13.3. The van der Waals surface area contributed by atoms with Crippen molar-refractivity contribution in [2.24, 2.45) is 0 Å². The average Bonchev–Trinajstić information content (AvgIpc) is 2.46. The molecule has 1 aliphatic rings. The first-order valence-electron chi connectivity index (χ1n) is 7.70. The Labute approximate surface area is 117 Å². The molecule has 0 fully saturated rings. The molecular weight excluding hydrogens is 234 g/mol. The third-order valence-electron chi connectivity index (χ3n) is 3.96. The number of hydrogen-bond acceptors (Lipinski definition) is 2. The number of rotatable bonds is 8. The molecule has 0 aromatic heterocycles. The number of fused-ring (bicyclic) bond motifs is 1. The second kappa shape index (κ2) is 8.34. The normalized spacial score (nSPS) is 14.4. The maximum Gasteiger partial charge on any atom is 0.0587 e. The standard InChI is InChI=1S/C17H27NO/c1-19-13-12-18-11-5-4-6-15-9-10-16-7-2-3-8-17(16)14-15/h9-10,14,18H,2-8,11-13H2,1H3. The van der Waals surface area contributed by atoms with Gasteiger partial charge < -0.3 is 10.1 Å². The summed E-state index contributed by atoms with van der Waals surface area (Å²) < 4.78 is 5.01. The van der Waals surface area contributed by atoms with Gasteiger partial charge >= 0.3 is 0 Å². The molecule has 1 N–H and O–H groups in total. The molecule has 0 saturated heterocycles. The zero-order valence-electron chi connectivity index (χ0n) is 12.2.